The van der Waals surface area contributed by atoms with E-state index in [1.54, 1.807) is 18.2 Å². The second-order valence-electron chi connectivity index (χ2n) is 6.08. The van der Waals surface area contributed by atoms with Crippen LogP contribution in [0.3, 0.4) is 0 Å². The molecule has 0 aliphatic heterocycles. The Morgan fingerprint density at radius 1 is 1.29 bits per heavy atom. The highest BCUT2D eigenvalue weighted by Crippen LogP contribution is 2.33. The lowest BCUT2D eigenvalue weighted by molar-refractivity contribution is -0.141. The van der Waals surface area contributed by atoms with Crippen LogP contribution in [0.15, 0.2) is 36.5 Å². The number of hydrogen-bond acceptors (Lipinski definition) is 4. The predicted molar refractivity (Wildman–Crippen MR) is 97.2 cm³/mol. The molecule has 0 fully saturated rings. The van der Waals surface area contributed by atoms with Gasteiger partial charge in [-0.3, -0.25) is 9.67 Å². The van der Waals surface area contributed by atoms with E-state index in [0.717, 1.165) is 4.68 Å². The number of carbonyl (C=O) groups excluding carboxylic acids is 1. The molecule has 1 aromatic carbocycles. The zero-order valence-electron chi connectivity index (χ0n) is 14.3. The molecule has 0 saturated carbocycles. The van der Waals surface area contributed by atoms with Gasteiger partial charge in [-0.1, -0.05) is 11.6 Å². The lowest BCUT2D eigenvalue weighted by Gasteiger charge is -2.07. The summed E-state index contributed by atoms with van der Waals surface area (Å²) in [7, 11) is 1.26. The standard InChI is InChI=1S/C18H12ClF3N4O2/c1-28-17(27)11-4-5-23-12-7-13(24-15(11)12)16-10-3-2-9(19)6-14(10)26(25-16)8-18(20,21)22/h2-7,24H,8H2,1H3. The molecule has 28 heavy (non-hydrogen) atoms. The normalized spacial score (nSPS) is 12.0. The summed E-state index contributed by atoms with van der Waals surface area (Å²) in [5.41, 5.74) is 2.11. The number of ether oxygens (including phenoxy) is 1. The van der Waals surface area contributed by atoms with Crippen LogP contribution in [0.4, 0.5) is 13.2 Å². The Morgan fingerprint density at radius 3 is 2.79 bits per heavy atom. The number of benzene rings is 1. The van der Waals surface area contributed by atoms with Gasteiger partial charge in [-0.2, -0.15) is 18.3 Å². The number of nitrogens with one attached hydrogen (secondary N) is 1. The van der Waals surface area contributed by atoms with Gasteiger partial charge in [0, 0.05) is 16.6 Å². The maximum Gasteiger partial charge on any atom is 0.408 e. The number of alkyl halides is 3. The number of aromatic amines is 1. The quantitative estimate of drug-likeness (QED) is 0.503. The first-order chi connectivity index (χ1) is 13.3. The summed E-state index contributed by atoms with van der Waals surface area (Å²) in [6, 6.07) is 7.73. The first-order valence-corrected chi connectivity index (χ1v) is 8.44. The van der Waals surface area contributed by atoms with Gasteiger partial charge in [0.2, 0.25) is 0 Å². The molecular formula is C18H12ClF3N4O2. The van der Waals surface area contributed by atoms with Crippen LogP contribution in [-0.4, -0.2) is 39.0 Å². The van der Waals surface area contributed by atoms with Crippen molar-refractivity contribution >= 4 is 39.5 Å². The fourth-order valence-corrected chi connectivity index (χ4v) is 3.24. The number of aromatic nitrogens is 4. The smallest absolute Gasteiger partial charge is 0.408 e. The van der Waals surface area contributed by atoms with Gasteiger partial charge in [0.15, 0.2) is 0 Å². The highest BCUT2D eigenvalue weighted by molar-refractivity contribution is 6.31. The molecule has 1 N–H and O–H groups in total. The van der Waals surface area contributed by atoms with Crippen LogP contribution in [0.2, 0.25) is 5.02 Å². The van der Waals surface area contributed by atoms with E-state index in [1.807, 2.05) is 0 Å². The fourth-order valence-electron chi connectivity index (χ4n) is 3.07. The van der Waals surface area contributed by atoms with Gasteiger partial charge in [-0.05, 0) is 30.3 Å². The Morgan fingerprint density at radius 2 is 2.07 bits per heavy atom. The van der Waals surface area contributed by atoms with Crippen molar-refractivity contribution in [3.63, 3.8) is 0 Å². The van der Waals surface area contributed by atoms with Crippen molar-refractivity contribution in [1.82, 2.24) is 19.7 Å². The first kappa shape index (κ1) is 18.3. The second-order valence-corrected chi connectivity index (χ2v) is 6.51. The highest BCUT2D eigenvalue weighted by atomic mass is 35.5. The average Bonchev–Trinajstić information content (AvgIpc) is 3.21. The van der Waals surface area contributed by atoms with E-state index < -0.39 is 18.7 Å². The number of methoxy groups -OCH3 is 1. The van der Waals surface area contributed by atoms with E-state index >= 15 is 0 Å². The molecule has 0 amide bonds. The largest absolute Gasteiger partial charge is 0.465 e. The van der Waals surface area contributed by atoms with Crippen LogP contribution in [0.5, 0.6) is 0 Å². The number of rotatable bonds is 3. The molecule has 0 unspecified atom stereocenters. The number of pyridine rings is 1. The molecule has 3 heterocycles. The van der Waals surface area contributed by atoms with Crippen LogP contribution in [-0.2, 0) is 11.3 Å². The van der Waals surface area contributed by atoms with E-state index in [-0.39, 0.29) is 11.1 Å². The summed E-state index contributed by atoms with van der Waals surface area (Å²) in [5, 5.41) is 4.92. The van der Waals surface area contributed by atoms with Gasteiger partial charge < -0.3 is 9.72 Å². The SMILES string of the molecule is COC(=O)c1ccnc2cc(-c3nn(CC(F)(F)F)c4cc(Cl)ccc34)[nH]c12. The molecule has 0 aliphatic rings. The molecule has 0 saturated heterocycles. The molecular weight excluding hydrogens is 397 g/mol. The maximum absolute atomic E-state index is 13.0. The van der Waals surface area contributed by atoms with Crippen LogP contribution in [0, 0.1) is 0 Å². The zero-order valence-corrected chi connectivity index (χ0v) is 15.1. The third kappa shape index (κ3) is 3.18. The summed E-state index contributed by atoms with van der Waals surface area (Å²) in [5.74, 6) is -0.556. The van der Waals surface area contributed by atoms with E-state index in [1.165, 1.54) is 25.4 Å². The van der Waals surface area contributed by atoms with Crippen molar-refractivity contribution in [3.8, 4) is 11.4 Å². The number of halogens is 4. The maximum atomic E-state index is 13.0. The van der Waals surface area contributed by atoms with Gasteiger partial charge in [-0.25, -0.2) is 4.79 Å². The monoisotopic (exact) mass is 408 g/mol. The Hall–Kier alpha value is -3.07. The lowest BCUT2D eigenvalue weighted by atomic mass is 10.1. The van der Waals surface area contributed by atoms with Crippen LogP contribution in [0.1, 0.15) is 10.4 Å². The Kier molecular flexibility index (Phi) is 4.26. The number of esters is 1. The number of hydrogen-bond donors (Lipinski definition) is 1. The summed E-state index contributed by atoms with van der Waals surface area (Å²) < 4.78 is 44.5. The molecule has 3 aromatic heterocycles. The summed E-state index contributed by atoms with van der Waals surface area (Å²) in [6.45, 7) is -1.25. The Bertz CT molecular complexity index is 1210. The third-order valence-corrected chi connectivity index (χ3v) is 4.46. The molecule has 10 heteroatoms. The fraction of sp³-hybridized carbons (Fsp3) is 0.167. The van der Waals surface area contributed by atoms with E-state index in [0.29, 0.717) is 32.8 Å². The third-order valence-electron chi connectivity index (χ3n) is 4.22. The molecule has 0 aliphatic carbocycles. The number of fused-ring (bicyclic) bond motifs is 2. The van der Waals surface area contributed by atoms with E-state index in [4.69, 9.17) is 16.3 Å². The molecule has 4 aromatic rings. The van der Waals surface area contributed by atoms with Crippen molar-refractivity contribution in [3.05, 3.63) is 47.1 Å². The molecule has 0 spiro atoms. The van der Waals surface area contributed by atoms with Crippen LogP contribution < -0.4 is 0 Å². The van der Waals surface area contributed by atoms with Gasteiger partial charge in [0.25, 0.3) is 0 Å². The number of H-pyrrole nitrogens is 1. The van der Waals surface area contributed by atoms with Gasteiger partial charge in [0.1, 0.15) is 12.2 Å². The summed E-state index contributed by atoms with van der Waals surface area (Å²) in [6.07, 6.45) is -3.00. The van der Waals surface area contributed by atoms with Gasteiger partial charge in [-0.15, -0.1) is 0 Å². The Labute approximate surface area is 160 Å². The molecule has 0 atom stereocenters. The van der Waals surface area contributed by atoms with Crippen molar-refractivity contribution in [2.24, 2.45) is 0 Å². The minimum Gasteiger partial charge on any atom is -0.465 e. The van der Waals surface area contributed by atoms with Gasteiger partial charge >= 0.3 is 12.1 Å². The molecule has 0 radical (unpaired) electrons. The molecule has 144 valence electrons. The minimum absolute atomic E-state index is 0.250. The molecule has 4 rings (SSSR count). The lowest BCUT2D eigenvalue weighted by Crippen LogP contribution is -2.18. The van der Waals surface area contributed by atoms with Crippen molar-refractivity contribution < 1.29 is 22.7 Å². The second kappa shape index (κ2) is 6.52. The van der Waals surface area contributed by atoms with Crippen LogP contribution >= 0.6 is 11.6 Å². The van der Waals surface area contributed by atoms with Gasteiger partial charge in [0.05, 0.1) is 34.9 Å². The zero-order chi connectivity index (χ0) is 20.1. The predicted octanol–water partition coefficient (Wildman–Crippen LogP) is 4.58. The van der Waals surface area contributed by atoms with E-state index in [2.05, 4.69) is 15.1 Å². The minimum atomic E-state index is -4.45. The highest BCUT2D eigenvalue weighted by Gasteiger charge is 2.30. The number of carbonyl (C=O) groups is 1. The van der Waals surface area contributed by atoms with Crippen molar-refractivity contribution in [2.45, 2.75) is 12.7 Å². The van der Waals surface area contributed by atoms with Crippen LogP contribution in [0.25, 0.3) is 33.3 Å². The van der Waals surface area contributed by atoms with Crippen molar-refractivity contribution in [2.75, 3.05) is 7.11 Å². The molecule has 0 bridgehead atoms. The van der Waals surface area contributed by atoms with E-state index in [9.17, 15) is 18.0 Å². The number of nitrogens with zero attached hydrogens (tertiary/aromatic N) is 3. The topological polar surface area (TPSA) is 72.8 Å². The molecule has 6 nitrogen and oxygen atoms in total. The summed E-state index contributed by atoms with van der Waals surface area (Å²) >= 11 is 5.96. The summed E-state index contributed by atoms with van der Waals surface area (Å²) in [4.78, 5) is 19.2. The average molecular weight is 409 g/mol. The van der Waals surface area contributed by atoms with Crippen molar-refractivity contribution in [1.29, 1.82) is 0 Å². The Balaban J connectivity index is 1.93. The first-order valence-electron chi connectivity index (χ1n) is 8.06.